The number of aliphatic carboxylic acids is 2. The van der Waals surface area contributed by atoms with Crippen LogP contribution in [0.15, 0.2) is 0 Å². The number of hydrogen-bond acceptors (Lipinski definition) is 5. The molecule has 0 aromatic rings. The number of amides is 1. The Labute approximate surface area is 181 Å². The second-order valence-corrected chi connectivity index (χ2v) is 7.81. The van der Waals surface area contributed by atoms with Gasteiger partial charge in [0.25, 0.3) is 0 Å². The van der Waals surface area contributed by atoms with Crippen LogP contribution in [-0.2, 0) is 14.4 Å². The van der Waals surface area contributed by atoms with E-state index in [0.717, 1.165) is 19.3 Å². The van der Waals surface area contributed by atoms with Crippen molar-refractivity contribution in [2.24, 2.45) is 0 Å². The van der Waals surface area contributed by atoms with Crippen molar-refractivity contribution < 1.29 is 29.7 Å². The molecule has 0 fully saturated rings. The highest BCUT2D eigenvalue weighted by Gasteiger charge is 2.16. The van der Waals surface area contributed by atoms with Crippen molar-refractivity contribution in [2.75, 3.05) is 39.3 Å². The number of nitrogens with zero attached hydrogens (tertiary/aromatic N) is 2. The topological polar surface area (TPSA) is 118 Å². The van der Waals surface area contributed by atoms with Crippen LogP contribution in [0.5, 0.6) is 0 Å². The van der Waals surface area contributed by atoms with E-state index in [1.807, 2.05) is 0 Å². The summed E-state index contributed by atoms with van der Waals surface area (Å²) in [5.41, 5.74) is 0. The first-order valence-electron chi connectivity index (χ1n) is 11.4. The average Bonchev–Trinajstić information content (AvgIpc) is 2.70. The van der Waals surface area contributed by atoms with Crippen LogP contribution in [0.3, 0.4) is 0 Å². The molecule has 0 saturated heterocycles. The second-order valence-electron chi connectivity index (χ2n) is 7.81. The number of carbonyl (C=O) groups is 3. The lowest BCUT2D eigenvalue weighted by atomic mass is 10.1. The molecular formula is C22H42N2O6. The quantitative estimate of drug-likeness (QED) is 0.240. The van der Waals surface area contributed by atoms with Gasteiger partial charge in [-0.05, 0) is 6.42 Å². The molecule has 0 bridgehead atoms. The summed E-state index contributed by atoms with van der Waals surface area (Å²) in [5, 5.41) is 27.0. The molecule has 0 aromatic carbocycles. The number of carboxylic acids is 2. The molecule has 3 N–H and O–H groups in total. The SMILES string of the molecule is CCCCCCCCCCCC(=O)N(CCO)CCN(CCC(=O)O)CCC(=O)O. The molecule has 176 valence electrons. The van der Waals surface area contributed by atoms with Crippen LogP contribution in [0.1, 0.15) is 84.0 Å². The van der Waals surface area contributed by atoms with E-state index >= 15 is 0 Å². The van der Waals surface area contributed by atoms with Gasteiger partial charge in [-0.2, -0.15) is 0 Å². The van der Waals surface area contributed by atoms with Crippen molar-refractivity contribution in [1.82, 2.24) is 9.80 Å². The molecule has 1 amide bonds. The van der Waals surface area contributed by atoms with Crippen molar-refractivity contribution in [2.45, 2.75) is 84.0 Å². The first-order valence-corrected chi connectivity index (χ1v) is 11.4. The number of rotatable bonds is 21. The number of unbranched alkanes of at least 4 members (excludes halogenated alkanes) is 8. The maximum atomic E-state index is 12.5. The van der Waals surface area contributed by atoms with Crippen molar-refractivity contribution >= 4 is 17.8 Å². The van der Waals surface area contributed by atoms with Gasteiger partial charge in [0, 0.05) is 39.1 Å². The van der Waals surface area contributed by atoms with Crippen molar-refractivity contribution in [1.29, 1.82) is 0 Å². The van der Waals surface area contributed by atoms with Gasteiger partial charge in [-0.3, -0.25) is 14.4 Å². The van der Waals surface area contributed by atoms with Crippen LogP contribution in [0.2, 0.25) is 0 Å². The van der Waals surface area contributed by atoms with Crippen LogP contribution in [-0.4, -0.2) is 82.3 Å². The Morgan fingerprint density at radius 2 is 1.13 bits per heavy atom. The first kappa shape index (κ1) is 28.3. The largest absolute Gasteiger partial charge is 0.481 e. The minimum atomic E-state index is -0.941. The number of aliphatic hydroxyl groups is 1. The lowest BCUT2D eigenvalue weighted by molar-refractivity contribution is -0.138. The normalized spacial score (nSPS) is 11.0. The Morgan fingerprint density at radius 1 is 0.633 bits per heavy atom. The van der Waals surface area contributed by atoms with Gasteiger partial charge in [0.05, 0.1) is 19.4 Å². The van der Waals surface area contributed by atoms with Gasteiger partial charge in [0.2, 0.25) is 5.91 Å². The summed E-state index contributed by atoms with van der Waals surface area (Å²) in [5.74, 6) is -1.89. The smallest absolute Gasteiger partial charge is 0.304 e. The highest BCUT2D eigenvalue weighted by Crippen LogP contribution is 2.11. The van der Waals surface area contributed by atoms with Gasteiger partial charge in [0.15, 0.2) is 0 Å². The lowest BCUT2D eigenvalue weighted by Gasteiger charge is -2.27. The fourth-order valence-electron chi connectivity index (χ4n) is 3.33. The fourth-order valence-corrected chi connectivity index (χ4v) is 3.33. The predicted octanol–water partition coefficient (Wildman–Crippen LogP) is 2.98. The molecule has 0 radical (unpaired) electrons. The Morgan fingerprint density at radius 3 is 1.60 bits per heavy atom. The molecule has 0 unspecified atom stereocenters. The number of carbonyl (C=O) groups excluding carboxylic acids is 1. The summed E-state index contributed by atoms with van der Waals surface area (Å²) in [7, 11) is 0. The number of aliphatic hydroxyl groups excluding tert-OH is 1. The third kappa shape index (κ3) is 17.2. The molecule has 8 heteroatoms. The van der Waals surface area contributed by atoms with Gasteiger partial charge in [0.1, 0.15) is 0 Å². The average molecular weight is 431 g/mol. The van der Waals surface area contributed by atoms with E-state index in [2.05, 4.69) is 6.92 Å². The van der Waals surface area contributed by atoms with Gasteiger partial charge in [-0.1, -0.05) is 58.3 Å². The van der Waals surface area contributed by atoms with Crippen LogP contribution in [0.4, 0.5) is 0 Å². The van der Waals surface area contributed by atoms with E-state index in [-0.39, 0.29) is 45.0 Å². The van der Waals surface area contributed by atoms with Gasteiger partial charge >= 0.3 is 11.9 Å². The predicted molar refractivity (Wildman–Crippen MR) is 116 cm³/mol. The third-order valence-corrected chi connectivity index (χ3v) is 5.19. The van der Waals surface area contributed by atoms with Gasteiger partial charge in [-0.25, -0.2) is 0 Å². The zero-order valence-electron chi connectivity index (χ0n) is 18.7. The van der Waals surface area contributed by atoms with Crippen molar-refractivity contribution in [3.8, 4) is 0 Å². The maximum absolute atomic E-state index is 12.5. The Hall–Kier alpha value is -1.67. The van der Waals surface area contributed by atoms with Crippen molar-refractivity contribution in [3.63, 3.8) is 0 Å². The summed E-state index contributed by atoms with van der Waals surface area (Å²) in [6.45, 7) is 3.54. The van der Waals surface area contributed by atoms with Crippen LogP contribution >= 0.6 is 0 Å². The molecule has 0 saturated carbocycles. The molecule has 0 spiro atoms. The van der Waals surface area contributed by atoms with Crippen molar-refractivity contribution in [3.05, 3.63) is 0 Å². The number of carboxylic acid groups (broad SMARTS) is 2. The highest BCUT2D eigenvalue weighted by atomic mass is 16.4. The molecule has 0 rings (SSSR count). The first-order chi connectivity index (χ1) is 14.4. The Kier molecular flexibility index (Phi) is 18.2. The van der Waals surface area contributed by atoms with Gasteiger partial charge < -0.3 is 25.1 Å². The lowest BCUT2D eigenvalue weighted by Crippen LogP contribution is -2.41. The molecule has 0 aliphatic rings. The molecule has 0 heterocycles. The fraction of sp³-hybridized carbons (Fsp3) is 0.864. The summed E-state index contributed by atoms with van der Waals surface area (Å²) >= 11 is 0. The maximum Gasteiger partial charge on any atom is 0.304 e. The summed E-state index contributed by atoms with van der Waals surface area (Å²) < 4.78 is 0. The molecule has 0 aliphatic carbocycles. The molecular weight excluding hydrogens is 388 g/mol. The molecule has 30 heavy (non-hydrogen) atoms. The standard InChI is InChI=1S/C22H42N2O6/c1-2-3-4-5-6-7-8-9-10-11-20(26)24(18-19-25)17-16-23(14-12-21(27)28)15-13-22(29)30/h25H,2-19H2,1H3,(H,27,28)(H,29,30). The van der Waals surface area contributed by atoms with Crippen LogP contribution in [0, 0.1) is 0 Å². The highest BCUT2D eigenvalue weighted by molar-refractivity contribution is 5.76. The van der Waals surface area contributed by atoms with E-state index in [4.69, 9.17) is 10.2 Å². The van der Waals surface area contributed by atoms with Crippen LogP contribution in [0.25, 0.3) is 0 Å². The summed E-state index contributed by atoms with van der Waals surface area (Å²) in [4.78, 5) is 37.5. The number of hydrogen-bond donors (Lipinski definition) is 3. The van der Waals surface area contributed by atoms with E-state index in [1.165, 1.54) is 38.5 Å². The molecule has 0 aliphatic heterocycles. The molecule has 8 nitrogen and oxygen atoms in total. The van der Waals surface area contributed by atoms with E-state index in [0.29, 0.717) is 19.5 Å². The Balaban J connectivity index is 4.24. The monoisotopic (exact) mass is 430 g/mol. The summed E-state index contributed by atoms with van der Waals surface area (Å²) in [6, 6.07) is 0. The zero-order chi connectivity index (χ0) is 22.6. The second kappa shape index (κ2) is 19.3. The van der Waals surface area contributed by atoms with Crippen LogP contribution < -0.4 is 0 Å². The third-order valence-electron chi connectivity index (χ3n) is 5.19. The molecule has 0 atom stereocenters. The minimum absolute atomic E-state index is 0.0107. The van der Waals surface area contributed by atoms with Gasteiger partial charge in [-0.15, -0.1) is 0 Å². The van der Waals surface area contributed by atoms with E-state index < -0.39 is 11.9 Å². The Bertz CT molecular complexity index is 455. The zero-order valence-corrected chi connectivity index (χ0v) is 18.7. The van der Waals surface area contributed by atoms with E-state index in [9.17, 15) is 19.5 Å². The molecule has 0 aromatic heterocycles. The van der Waals surface area contributed by atoms with E-state index in [1.54, 1.807) is 9.80 Å². The minimum Gasteiger partial charge on any atom is -0.481 e. The summed E-state index contributed by atoms with van der Waals surface area (Å²) in [6.07, 6.45) is 10.9.